The van der Waals surface area contributed by atoms with E-state index in [-0.39, 0.29) is 11.6 Å². The van der Waals surface area contributed by atoms with Gasteiger partial charge >= 0.3 is 0 Å². The number of amidine groups is 1. The number of non-ortho nitro benzene ring substituents is 1. The van der Waals surface area contributed by atoms with Gasteiger partial charge in [0.2, 0.25) is 0 Å². The smallest absolute Gasteiger partial charge is 0.269 e. The number of aliphatic imine (C=N–C) groups is 1. The molecule has 0 bridgehead atoms. The molecule has 2 heterocycles. The quantitative estimate of drug-likeness (QED) is 0.270. The molecule has 31 heavy (non-hydrogen) atoms. The van der Waals surface area contributed by atoms with Crippen molar-refractivity contribution < 1.29 is 14.1 Å². The van der Waals surface area contributed by atoms with Gasteiger partial charge in [-0.1, -0.05) is 29.3 Å². The molecule has 1 aliphatic rings. The second kappa shape index (κ2) is 8.58. The number of furan rings is 1. The molecule has 3 aromatic rings. The summed E-state index contributed by atoms with van der Waals surface area (Å²) in [6.45, 7) is 1.72. The normalized spacial score (nSPS) is 16.2. The molecule has 10 heteroatoms. The van der Waals surface area contributed by atoms with Crippen LogP contribution in [0, 0.1) is 17.0 Å². The van der Waals surface area contributed by atoms with Crippen molar-refractivity contribution in [2.45, 2.75) is 6.92 Å². The number of hydrogen-bond donors (Lipinski definition) is 1. The topological polar surface area (TPSA) is 97.7 Å². The van der Waals surface area contributed by atoms with Crippen LogP contribution in [-0.4, -0.2) is 16.0 Å². The number of hydrogen-bond acceptors (Lipinski definition) is 6. The van der Waals surface area contributed by atoms with E-state index in [9.17, 15) is 14.9 Å². The second-order valence-corrected chi connectivity index (χ2v) is 8.33. The van der Waals surface area contributed by atoms with E-state index in [1.165, 1.54) is 12.1 Å². The van der Waals surface area contributed by atoms with Gasteiger partial charge in [0, 0.05) is 23.8 Å². The molecule has 1 N–H and O–H groups in total. The van der Waals surface area contributed by atoms with Crippen LogP contribution in [0.1, 0.15) is 11.3 Å². The van der Waals surface area contributed by atoms with Crippen LogP contribution in [0.2, 0.25) is 10.0 Å². The number of amides is 1. The summed E-state index contributed by atoms with van der Waals surface area (Å²) in [6.07, 6.45) is 1.60. The highest BCUT2D eigenvalue weighted by molar-refractivity contribution is 8.18. The molecule has 0 atom stereocenters. The van der Waals surface area contributed by atoms with Crippen molar-refractivity contribution in [2.24, 2.45) is 4.99 Å². The minimum atomic E-state index is -0.467. The van der Waals surface area contributed by atoms with E-state index in [4.69, 9.17) is 27.6 Å². The van der Waals surface area contributed by atoms with Gasteiger partial charge in [-0.15, -0.1) is 0 Å². The third kappa shape index (κ3) is 4.51. The van der Waals surface area contributed by atoms with Gasteiger partial charge in [-0.25, -0.2) is 4.99 Å². The fraction of sp³-hybridized carbons (Fsp3) is 0.0476. The summed E-state index contributed by atoms with van der Waals surface area (Å²) in [5.74, 6) is 0.677. The first-order valence-corrected chi connectivity index (χ1v) is 10.5. The van der Waals surface area contributed by atoms with Crippen LogP contribution < -0.4 is 5.32 Å². The first kappa shape index (κ1) is 21.2. The van der Waals surface area contributed by atoms with Crippen LogP contribution in [0.5, 0.6) is 0 Å². The lowest BCUT2D eigenvalue weighted by Gasteiger charge is -2.02. The molecule has 0 unspecified atom stereocenters. The highest BCUT2D eigenvalue weighted by Crippen LogP contribution is 2.36. The molecule has 0 spiro atoms. The van der Waals surface area contributed by atoms with Crippen molar-refractivity contribution in [3.8, 4) is 11.3 Å². The van der Waals surface area contributed by atoms with Gasteiger partial charge in [0.15, 0.2) is 5.17 Å². The zero-order chi connectivity index (χ0) is 22.1. The largest absolute Gasteiger partial charge is 0.457 e. The predicted molar refractivity (Wildman–Crippen MR) is 123 cm³/mol. The van der Waals surface area contributed by atoms with Gasteiger partial charge in [-0.3, -0.25) is 14.9 Å². The van der Waals surface area contributed by atoms with Crippen LogP contribution in [0.15, 0.2) is 62.8 Å². The lowest BCUT2D eigenvalue weighted by molar-refractivity contribution is -0.384. The van der Waals surface area contributed by atoms with Crippen molar-refractivity contribution in [3.63, 3.8) is 0 Å². The number of nitrogens with zero attached hydrogens (tertiary/aromatic N) is 2. The first-order valence-electron chi connectivity index (χ1n) is 8.90. The molecule has 1 aromatic heterocycles. The minimum absolute atomic E-state index is 0.0152. The number of carbonyl (C=O) groups is 1. The maximum Gasteiger partial charge on any atom is 0.269 e. The van der Waals surface area contributed by atoms with Crippen LogP contribution >= 0.6 is 35.0 Å². The van der Waals surface area contributed by atoms with Gasteiger partial charge in [-0.2, -0.15) is 0 Å². The Morgan fingerprint density at radius 3 is 2.74 bits per heavy atom. The average molecular weight is 474 g/mol. The molecular weight excluding hydrogens is 461 g/mol. The molecule has 156 valence electrons. The maximum absolute atomic E-state index is 12.3. The SMILES string of the molecule is Cc1cc([N+](=O)[O-])ccc1N=C1NC(=O)/C(=C\c2ccc(-c3cccc(Cl)c3Cl)o2)S1. The number of halogens is 2. The molecule has 2 aromatic carbocycles. The maximum atomic E-state index is 12.3. The number of thioether (sulfide) groups is 1. The molecule has 0 radical (unpaired) electrons. The van der Waals surface area contributed by atoms with Crippen molar-refractivity contribution in [2.75, 3.05) is 0 Å². The summed E-state index contributed by atoms with van der Waals surface area (Å²) in [7, 11) is 0. The van der Waals surface area contributed by atoms with Gasteiger partial charge in [0.25, 0.3) is 11.6 Å². The lowest BCUT2D eigenvalue weighted by atomic mass is 10.2. The number of benzene rings is 2. The highest BCUT2D eigenvalue weighted by Gasteiger charge is 2.25. The summed E-state index contributed by atoms with van der Waals surface area (Å²) in [5, 5.41) is 14.7. The lowest BCUT2D eigenvalue weighted by Crippen LogP contribution is -2.19. The second-order valence-electron chi connectivity index (χ2n) is 6.51. The Bertz CT molecular complexity index is 1280. The van der Waals surface area contributed by atoms with Gasteiger partial charge in [-0.05, 0) is 54.6 Å². The first-order chi connectivity index (χ1) is 14.8. The number of nitrogens with one attached hydrogen (secondary N) is 1. The van der Waals surface area contributed by atoms with E-state index in [0.717, 1.165) is 11.8 Å². The Hall–Kier alpha value is -3.07. The predicted octanol–water partition coefficient (Wildman–Crippen LogP) is 6.36. The number of nitro groups is 1. The zero-order valence-corrected chi connectivity index (χ0v) is 18.2. The Morgan fingerprint density at radius 2 is 2.00 bits per heavy atom. The third-order valence-corrected chi connectivity index (χ3v) is 6.11. The summed E-state index contributed by atoms with van der Waals surface area (Å²) in [6, 6.07) is 13.1. The Balaban J connectivity index is 1.56. The van der Waals surface area contributed by atoms with Crippen molar-refractivity contribution in [1.29, 1.82) is 0 Å². The number of rotatable bonds is 4. The van der Waals surface area contributed by atoms with E-state index in [2.05, 4.69) is 10.3 Å². The van der Waals surface area contributed by atoms with E-state index in [0.29, 0.717) is 48.5 Å². The summed E-state index contributed by atoms with van der Waals surface area (Å²) in [4.78, 5) is 27.5. The van der Waals surface area contributed by atoms with Crippen LogP contribution in [-0.2, 0) is 4.79 Å². The monoisotopic (exact) mass is 473 g/mol. The summed E-state index contributed by atoms with van der Waals surface area (Å²) in [5.41, 5.74) is 1.80. The van der Waals surface area contributed by atoms with Crippen molar-refractivity contribution in [3.05, 3.63) is 84.9 Å². The fourth-order valence-corrected chi connectivity index (χ4v) is 4.08. The van der Waals surface area contributed by atoms with E-state index in [1.54, 1.807) is 49.4 Å². The summed E-state index contributed by atoms with van der Waals surface area (Å²) < 4.78 is 5.81. The molecular formula is C21H13Cl2N3O4S. The van der Waals surface area contributed by atoms with Crippen molar-refractivity contribution >= 4 is 63.5 Å². The molecule has 0 aliphatic carbocycles. The zero-order valence-electron chi connectivity index (χ0n) is 15.9. The standard InChI is InChI=1S/C21H13Cl2N3O4S/c1-11-9-12(26(28)29)5-7-16(11)24-21-25-20(27)18(31-21)10-13-6-8-17(30-13)14-3-2-4-15(22)19(14)23/h2-10H,1H3,(H,24,25,27)/b18-10+. The molecule has 7 nitrogen and oxygen atoms in total. The van der Waals surface area contributed by atoms with Crippen molar-refractivity contribution in [1.82, 2.24) is 5.32 Å². The van der Waals surface area contributed by atoms with Crippen LogP contribution in [0.25, 0.3) is 17.4 Å². The number of carbonyl (C=O) groups excluding carboxylic acids is 1. The third-order valence-electron chi connectivity index (χ3n) is 4.38. The minimum Gasteiger partial charge on any atom is -0.457 e. The molecule has 1 saturated heterocycles. The number of aryl methyl sites for hydroxylation is 1. The Morgan fingerprint density at radius 1 is 1.19 bits per heavy atom. The van der Waals surface area contributed by atoms with E-state index >= 15 is 0 Å². The number of nitro benzene ring substituents is 1. The van der Waals surface area contributed by atoms with Gasteiger partial charge < -0.3 is 9.73 Å². The van der Waals surface area contributed by atoms with Gasteiger partial charge in [0.05, 0.1) is 25.6 Å². The average Bonchev–Trinajstić information content (AvgIpc) is 3.32. The molecule has 0 saturated carbocycles. The fourth-order valence-electron chi connectivity index (χ4n) is 2.87. The molecule has 1 fully saturated rings. The highest BCUT2D eigenvalue weighted by atomic mass is 35.5. The molecule has 4 rings (SSSR count). The van der Waals surface area contributed by atoms with E-state index < -0.39 is 4.92 Å². The van der Waals surface area contributed by atoms with Crippen LogP contribution in [0.4, 0.5) is 11.4 Å². The van der Waals surface area contributed by atoms with Crippen LogP contribution in [0.3, 0.4) is 0 Å². The summed E-state index contributed by atoms with van der Waals surface area (Å²) >= 11 is 13.4. The van der Waals surface area contributed by atoms with E-state index in [1.807, 2.05) is 0 Å². The van der Waals surface area contributed by atoms with Gasteiger partial charge in [0.1, 0.15) is 11.5 Å². The molecule has 1 aliphatic heterocycles. The Kier molecular flexibility index (Phi) is 5.86. The molecule has 1 amide bonds. The Labute approximate surface area is 190 Å².